The summed E-state index contributed by atoms with van der Waals surface area (Å²) < 4.78 is 14.1. The summed E-state index contributed by atoms with van der Waals surface area (Å²) in [4.78, 5) is 21.8. The molecule has 0 radical (unpaired) electrons. The van der Waals surface area contributed by atoms with Gasteiger partial charge in [-0.15, -0.1) is 0 Å². The molecule has 1 aliphatic heterocycles. The number of H-pyrrole nitrogens is 1. The normalized spacial score (nSPS) is 16.6. The molecule has 0 bridgehead atoms. The number of hydrogen-bond donors (Lipinski definition) is 3. The van der Waals surface area contributed by atoms with Crippen molar-refractivity contribution in [3.63, 3.8) is 0 Å². The van der Waals surface area contributed by atoms with Crippen LogP contribution in [0.4, 0.5) is 10.1 Å². The van der Waals surface area contributed by atoms with E-state index in [1.165, 1.54) is 29.2 Å². The molecule has 0 fully saturated rings. The molecule has 148 valence electrons. The van der Waals surface area contributed by atoms with Gasteiger partial charge in [0.15, 0.2) is 5.76 Å². The summed E-state index contributed by atoms with van der Waals surface area (Å²) in [6, 6.07) is 16.6. The largest absolute Gasteiger partial charge is 0.508 e. The van der Waals surface area contributed by atoms with Crippen LogP contribution in [-0.4, -0.2) is 26.1 Å². The lowest BCUT2D eigenvalue weighted by atomic mass is 9.93. The molecule has 2 heterocycles. The number of carbonyl (C=O) groups excluding carboxylic acids is 1. The molecule has 1 aliphatic rings. The van der Waals surface area contributed by atoms with Crippen molar-refractivity contribution in [1.82, 2.24) is 9.97 Å². The van der Waals surface area contributed by atoms with Gasteiger partial charge in [-0.2, -0.15) is 0 Å². The Morgan fingerprint density at radius 2 is 1.80 bits per heavy atom. The fraction of sp³-hybridized carbons (Fsp3) is 0.0435. The second-order valence-electron chi connectivity index (χ2n) is 7.05. The number of nitrogens with one attached hydrogen (secondary N) is 1. The van der Waals surface area contributed by atoms with Crippen LogP contribution < -0.4 is 4.90 Å². The van der Waals surface area contributed by atoms with E-state index in [2.05, 4.69) is 9.97 Å². The molecule has 3 aromatic carbocycles. The number of aliphatic hydroxyl groups excluding tert-OH is 1. The van der Waals surface area contributed by atoms with Crippen molar-refractivity contribution in [2.24, 2.45) is 0 Å². The molecule has 6 nitrogen and oxygen atoms in total. The Morgan fingerprint density at radius 3 is 2.57 bits per heavy atom. The number of phenols is 1. The molecular weight excluding hydrogens is 385 g/mol. The lowest BCUT2D eigenvalue weighted by Crippen LogP contribution is -2.30. The molecule has 0 spiro atoms. The Morgan fingerprint density at radius 1 is 1.00 bits per heavy atom. The first-order chi connectivity index (χ1) is 14.5. The second kappa shape index (κ2) is 6.73. The highest BCUT2D eigenvalue weighted by Gasteiger charge is 2.42. The van der Waals surface area contributed by atoms with Crippen molar-refractivity contribution in [2.75, 3.05) is 4.90 Å². The average molecular weight is 401 g/mol. The van der Waals surface area contributed by atoms with Gasteiger partial charge in [0.1, 0.15) is 11.6 Å². The number of hydrogen-bond acceptors (Lipinski definition) is 4. The van der Waals surface area contributed by atoms with Crippen molar-refractivity contribution in [1.29, 1.82) is 0 Å². The van der Waals surface area contributed by atoms with Crippen LogP contribution in [0.15, 0.2) is 78.8 Å². The van der Waals surface area contributed by atoms with Crippen LogP contribution in [0.5, 0.6) is 5.75 Å². The van der Waals surface area contributed by atoms with E-state index < -0.39 is 23.5 Å². The van der Waals surface area contributed by atoms with Gasteiger partial charge < -0.3 is 15.2 Å². The number of aromatic nitrogens is 2. The number of anilines is 1. The first kappa shape index (κ1) is 17.9. The fourth-order valence-corrected chi connectivity index (χ4v) is 3.87. The molecule has 0 aliphatic carbocycles. The fourth-order valence-electron chi connectivity index (χ4n) is 3.87. The number of halogens is 1. The third-order valence-corrected chi connectivity index (χ3v) is 5.23. The molecular formula is C23H16FN3O3. The SMILES string of the molecule is O=C1C(O)=C(c2ccc(O)cc2)C(c2cccc(F)c2)N1c1ccc2[nH]cnc2c1. The first-order valence-electron chi connectivity index (χ1n) is 9.27. The maximum atomic E-state index is 14.1. The van der Waals surface area contributed by atoms with Crippen LogP contribution in [0.25, 0.3) is 16.6 Å². The topological polar surface area (TPSA) is 89.5 Å². The number of imidazole rings is 1. The zero-order valence-corrected chi connectivity index (χ0v) is 15.6. The summed E-state index contributed by atoms with van der Waals surface area (Å²) in [7, 11) is 0. The number of aromatic hydroxyl groups is 1. The van der Waals surface area contributed by atoms with Crippen molar-refractivity contribution in [2.45, 2.75) is 6.04 Å². The molecule has 1 unspecified atom stereocenters. The molecule has 7 heteroatoms. The number of phenolic OH excluding ortho intramolecular Hbond substituents is 1. The van der Waals surface area contributed by atoms with Crippen molar-refractivity contribution in [3.05, 3.63) is 95.8 Å². The van der Waals surface area contributed by atoms with Gasteiger partial charge in [0.05, 0.1) is 23.4 Å². The van der Waals surface area contributed by atoms with Crippen LogP contribution in [0.2, 0.25) is 0 Å². The number of nitrogens with zero attached hydrogens (tertiary/aromatic N) is 2. The molecule has 5 rings (SSSR count). The van der Waals surface area contributed by atoms with Crippen molar-refractivity contribution in [3.8, 4) is 5.75 Å². The molecule has 1 amide bonds. The smallest absolute Gasteiger partial charge is 0.294 e. The third-order valence-electron chi connectivity index (χ3n) is 5.23. The zero-order chi connectivity index (χ0) is 20.8. The predicted molar refractivity (Wildman–Crippen MR) is 110 cm³/mol. The van der Waals surface area contributed by atoms with Crippen LogP contribution in [0, 0.1) is 5.82 Å². The lowest BCUT2D eigenvalue weighted by Gasteiger charge is -2.27. The van der Waals surface area contributed by atoms with Crippen LogP contribution in [0.3, 0.4) is 0 Å². The minimum atomic E-state index is -0.755. The Hall–Kier alpha value is -4.13. The van der Waals surface area contributed by atoms with Gasteiger partial charge in [-0.1, -0.05) is 24.3 Å². The highest BCUT2D eigenvalue weighted by molar-refractivity contribution is 6.16. The molecule has 0 saturated heterocycles. The van der Waals surface area contributed by atoms with Crippen LogP contribution in [0.1, 0.15) is 17.2 Å². The summed E-state index contributed by atoms with van der Waals surface area (Å²) in [5.74, 6) is -1.40. The molecule has 1 aromatic heterocycles. The highest BCUT2D eigenvalue weighted by atomic mass is 19.1. The van der Waals surface area contributed by atoms with Gasteiger partial charge >= 0.3 is 0 Å². The number of aliphatic hydroxyl groups is 1. The van der Waals surface area contributed by atoms with Gasteiger partial charge in [-0.3, -0.25) is 9.69 Å². The van der Waals surface area contributed by atoms with Crippen molar-refractivity contribution >= 4 is 28.2 Å². The van der Waals surface area contributed by atoms with Crippen LogP contribution >= 0.6 is 0 Å². The molecule has 4 aromatic rings. The number of amides is 1. The summed E-state index contributed by atoms with van der Waals surface area (Å²) in [5, 5.41) is 20.4. The molecule has 3 N–H and O–H groups in total. The standard InChI is InChI=1S/C23H16FN3O3/c24-15-3-1-2-14(10-15)21-20(13-4-7-17(28)8-5-13)22(29)23(30)27(21)16-6-9-18-19(11-16)26-12-25-18/h1-12,21,28-29H,(H,25,26). The minimum Gasteiger partial charge on any atom is -0.508 e. The van der Waals surface area contributed by atoms with Crippen LogP contribution in [-0.2, 0) is 4.79 Å². The number of benzene rings is 3. The average Bonchev–Trinajstić information content (AvgIpc) is 3.31. The van der Waals surface area contributed by atoms with E-state index in [-0.39, 0.29) is 5.75 Å². The summed E-state index contributed by atoms with van der Waals surface area (Å²) in [6.07, 6.45) is 1.56. The van der Waals surface area contributed by atoms with Gasteiger partial charge in [0, 0.05) is 11.3 Å². The first-order valence-corrected chi connectivity index (χ1v) is 9.27. The summed E-state index contributed by atoms with van der Waals surface area (Å²) in [6.45, 7) is 0. The second-order valence-corrected chi connectivity index (χ2v) is 7.05. The van der Waals surface area contributed by atoms with E-state index in [1.807, 2.05) is 0 Å². The van der Waals surface area contributed by atoms with E-state index in [0.29, 0.717) is 27.9 Å². The van der Waals surface area contributed by atoms with Gasteiger partial charge in [0.2, 0.25) is 0 Å². The Bertz CT molecular complexity index is 1310. The quantitative estimate of drug-likeness (QED) is 0.473. The molecule has 30 heavy (non-hydrogen) atoms. The number of fused-ring (bicyclic) bond motifs is 1. The van der Waals surface area contributed by atoms with E-state index >= 15 is 0 Å². The predicted octanol–water partition coefficient (Wildman–Crippen LogP) is 4.46. The maximum absolute atomic E-state index is 14.1. The van der Waals surface area contributed by atoms with Gasteiger partial charge in [-0.25, -0.2) is 9.37 Å². The monoisotopic (exact) mass is 401 g/mol. The van der Waals surface area contributed by atoms with Gasteiger partial charge in [-0.05, 0) is 53.6 Å². The van der Waals surface area contributed by atoms with Gasteiger partial charge in [0.25, 0.3) is 5.91 Å². The van der Waals surface area contributed by atoms with Crippen molar-refractivity contribution < 1.29 is 19.4 Å². The Balaban J connectivity index is 1.71. The maximum Gasteiger partial charge on any atom is 0.294 e. The van der Waals surface area contributed by atoms with E-state index in [9.17, 15) is 19.4 Å². The minimum absolute atomic E-state index is 0.0614. The third kappa shape index (κ3) is 2.79. The summed E-state index contributed by atoms with van der Waals surface area (Å²) in [5.41, 5.74) is 3.40. The highest BCUT2D eigenvalue weighted by Crippen LogP contribution is 2.45. The van der Waals surface area contributed by atoms with E-state index in [1.54, 1.807) is 48.8 Å². The summed E-state index contributed by atoms with van der Waals surface area (Å²) >= 11 is 0. The number of carbonyl (C=O) groups is 1. The Labute approximate surface area is 170 Å². The molecule has 1 atom stereocenters. The Kier molecular flexibility index (Phi) is 4.03. The molecule has 0 saturated carbocycles. The van der Waals surface area contributed by atoms with E-state index in [4.69, 9.17) is 0 Å². The van der Waals surface area contributed by atoms with E-state index in [0.717, 1.165) is 5.52 Å². The lowest BCUT2D eigenvalue weighted by molar-refractivity contribution is -0.117. The number of aromatic amines is 1. The zero-order valence-electron chi connectivity index (χ0n) is 15.6. The number of rotatable bonds is 3.